The molecule has 1 aromatic heterocycles. The van der Waals surface area contributed by atoms with Gasteiger partial charge in [0.25, 0.3) is 0 Å². The van der Waals surface area contributed by atoms with Crippen LogP contribution in [0, 0.1) is 12.3 Å². The Balaban J connectivity index is 2.42. The van der Waals surface area contributed by atoms with Crippen molar-refractivity contribution in [2.75, 3.05) is 6.61 Å². The molecule has 0 bridgehead atoms. The van der Waals surface area contributed by atoms with Crippen molar-refractivity contribution in [1.82, 2.24) is 8.65 Å². The predicted octanol–water partition coefficient (Wildman–Crippen LogP) is -0.920. The van der Waals surface area contributed by atoms with E-state index >= 15 is 0 Å². The highest BCUT2D eigenvalue weighted by Crippen LogP contribution is 2.27. The third-order valence-electron chi connectivity index (χ3n) is 2.99. The maximum absolute atomic E-state index is 11.9. The molecule has 0 saturated carbocycles. The van der Waals surface area contributed by atoms with Crippen molar-refractivity contribution in [2.45, 2.75) is 31.8 Å². The summed E-state index contributed by atoms with van der Waals surface area (Å²) in [5.41, 5.74) is -0.187. The van der Waals surface area contributed by atoms with Crippen molar-refractivity contribution in [3.05, 3.63) is 27.7 Å². The van der Waals surface area contributed by atoms with Crippen LogP contribution in [0.2, 0.25) is 0 Å². The smallest absolute Gasteiger partial charge is 0.346 e. The molecule has 1 aliphatic heterocycles. The highest BCUT2D eigenvalue weighted by atomic mass is 35.5. The maximum atomic E-state index is 11.9. The number of nitrogens with zero attached hydrogens (tertiary/aromatic N) is 2. The molecular weight excluding hydrogens is 262 g/mol. The van der Waals surface area contributed by atoms with E-state index in [0.29, 0.717) is 9.65 Å². The maximum Gasteiger partial charge on any atom is 0.346 e. The van der Waals surface area contributed by atoms with Gasteiger partial charge >= 0.3 is 5.69 Å². The number of ether oxygens (including phenoxy) is 1. The van der Waals surface area contributed by atoms with Crippen LogP contribution in [0.1, 0.15) is 18.2 Å². The molecule has 3 N–H and O–H groups in total. The Morgan fingerprint density at radius 3 is 2.89 bits per heavy atom. The quantitative estimate of drug-likeness (QED) is 0.650. The number of aryl methyl sites for hydroxylation is 1. The second-order valence-corrected chi connectivity index (χ2v) is 4.58. The van der Waals surface area contributed by atoms with Gasteiger partial charge in [0.2, 0.25) is 0 Å². The van der Waals surface area contributed by atoms with Gasteiger partial charge in [-0.05, 0) is 6.92 Å². The van der Waals surface area contributed by atoms with E-state index < -0.39 is 24.1 Å². The van der Waals surface area contributed by atoms with Gasteiger partial charge in [0, 0.05) is 30.0 Å². The summed E-state index contributed by atoms with van der Waals surface area (Å²) in [6, 6.07) is 0. The Labute approximate surface area is 107 Å². The monoisotopic (exact) mass is 275 g/mol. The fourth-order valence-corrected chi connectivity index (χ4v) is 2.15. The van der Waals surface area contributed by atoms with E-state index in [-0.39, 0.29) is 18.5 Å². The van der Waals surface area contributed by atoms with Crippen LogP contribution in [-0.4, -0.2) is 37.7 Å². The summed E-state index contributed by atoms with van der Waals surface area (Å²) >= 11 is 5.70. The van der Waals surface area contributed by atoms with Gasteiger partial charge in [-0.1, -0.05) is 0 Å². The van der Waals surface area contributed by atoms with Crippen LogP contribution in [0.4, 0.5) is 0 Å². The van der Waals surface area contributed by atoms with Crippen LogP contribution >= 0.6 is 11.8 Å². The summed E-state index contributed by atoms with van der Waals surface area (Å²) in [5, 5.41) is 26.2. The van der Waals surface area contributed by atoms with Crippen LogP contribution in [0.25, 0.3) is 0 Å². The Bertz CT molecular complexity index is 567. The summed E-state index contributed by atoms with van der Waals surface area (Å²) in [6.45, 7) is 1.33. The minimum atomic E-state index is -0.827. The molecule has 0 aliphatic carbocycles. The molecule has 1 aliphatic rings. The highest BCUT2D eigenvalue weighted by molar-refractivity contribution is 6.15. The second kappa shape index (κ2) is 4.85. The number of hydrogen-bond donors (Lipinski definition) is 3. The molecule has 7 nitrogen and oxygen atoms in total. The summed E-state index contributed by atoms with van der Waals surface area (Å²) in [6.07, 6.45) is -0.568. The average molecular weight is 276 g/mol. The lowest BCUT2D eigenvalue weighted by atomic mass is 10.2. The number of halogens is 1. The molecule has 0 unspecified atom stereocenters. The third-order valence-corrected chi connectivity index (χ3v) is 3.30. The van der Waals surface area contributed by atoms with Gasteiger partial charge in [0.15, 0.2) is 0 Å². The van der Waals surface area contributed by atoms with E-state index in [1.165, 1.54) is 10.8 Å². The topological polar surface area (TPSA) is 100 Å². The van der Waals surface area contributed by atoms with E-state index in [1.807, 2.05) is 0 Å². The number of rotatable bonds is 2. The van der Waals surface area contributed by atoms with Crippen molar-refractivity contribution in [3.8, 4) is 0 Å². The Morgan fingerprint density at radius 1 is 1.67 bits per heavy atom. The SMILES string of the molecule is Cc1cn([C@H]2C[C@H](O)[C@@H](CO)O2)c(=O)n(Cl)c1=N. The molecule has 1 saturated heterocycles. The molecule has 1 aromatic rings. The fraction of sp³-hybridized carbons (Fsp3) is 0.600. The first-order valence-electron chi connectivity index (χ1n) is 5.45. The molecule has 18 heavy (non-hydrogen) atoms. The lowest BCUT2D eigenvalue weighted by molar-refractivity contribution is -0.0461. The first-order valence-corrected chi connectivity index (χ1v) is 5.79. The van der Waals surface area contributed by atoms with E-state index in [1.54, 1.807) is 6.92 Å². The summed E-state index contributed by atoms with van der Waals surface area (Å²) in [5.74, 6) is 0. The largest absolute Gasteiger partial charge is 0.394 e. The zero-order chi connectivity index (χ0) is 13.4. The van der Waals surface area contributed by atoms with Crippen molar-refractivity contribution in [1.29, 1.82) is 5.41 Å². The lowest BCUT2D eigenvalue weighted by Gasteiger charge is -2.16. The Hall–Kier alpha value is -1.15. The number of aromatic nitrogens is 2. The normalized spacial score (nSPS) is 27.7. The van der Waals surface area contributed by atoms with Crippen LogP contribution in [0.5, 0.6) is 0 Å². The zero-order valence-corrected chi connectivity index (χ0v) is 10.5. The van der Waals surface area contributed by atoms with E-state index in [0.717, 1.165) is 0 Å². The van der Waals surface area contributed by atoms with Crippen molar-refractivity contribution < 1.29 is 14.9 Å². The minimum Gasteiger partial charge on any atom is -0.394 e. The lowest BCUT2D eigenvalue weighted by Crippen LogP contribution is -2.38. The number of aliphatic hydroxyl groups is 2. The standard InChI is InChI=1S/C10H14ClN3O4/c1-5-3-13(10(17)14(11)9(5)12)8-2-6(16)7(4-15)18-8/h3,6-8,12,15-16H,2,4H2,1H3/t6-,7+,8+/m0/s1. The van der Waals surface area contributed by atoms with Crippen molar-refractivity contribution >= 4 is 11.8 Å². The zero-order valence-electron chi connectivity index (χ0n) is 9.71. The Kier molecular flexibility index (Phi) is 3.58. The molecule has 2 heterocycles. The van der Waals surface area contributed by atoms with Gasteiger partial charge in [0.1, 0.15) is 17.8 Å². The van der Waals surface area contributed by atoms with Gasteiger partial charge in [0.05, 0.1) is 12.7 Å². The molecule has 0 aromatic carbocycles. The van der Waals surface area contributed by atoms with Crippen LogP contribution < -0.4 is 11.2 Å². The molecule has 2 rings (SSSR count). The fourth-order valence-electron chi connectivity index (χ4n) is 1.93. The van der Waals surface area contributed by atoms with E-state index in [2.05, 4.69) is 0 Å². The number of nitrogens with one attached hydrogen (secondary N) is 1. The molecule has 1 fully saturated rings. The van der Waals surface area contributed by atoms with Crippen LogP contribution in [-0.2, 0) is 4.74 Å². The Morgan fingerprint density at radius 2 is 2.33 bits per heavy atom. The summed E-state index contributed by atoms with van der Waals surface area (Å²) < 4.78 is 7.28. The van der Waals surface area contributed by atoms with Gasteiger partial charge in [-0.15, -0.1) is 0 Å². The summed E-state index contributed by atoms with van der Waals surface area (Å²) in [4.78, 5) is 11.9. The molecule has 0 amide bonds. The van der Waals surface area contributed by atoms with Gasteiger partial charge in [-0.3, -0.25) is 9.98 Å². The number of aliphatic hydroxyl groups excluding tert-OH is 2. The molecule has 3 atom stereocenters. The number of hydrogen-bond acceptors (Lipinski definition) is 5. The summed E-state index contributed by atoms with van der Waals surface area (Å²) in [7, 11) is 0. The first-order chi connectivity index (χ1) is 8.45. The average Bonchev–Trinajstić information content (AvgIpc) is 2.72. The second-order valence-electron chi connectivity index (χ2n) is 4.25. The molecule has 0 radical (unpaired) electrons. The van der Waals surface area contributed by atoms with Crippen LogP contribution in [0.3, 0.4) is 0 Å². The van der Waals surface area contributed by atoms with Gasteiger partial charge in [-0.2, -0.15) is 4.09 Å². The molecule has 0 spiro atoms. The van der Waals surface area contributed by atoms with Crippen molar-refractivity contribution in [2.24, 2.45) is 0 Å². The molecule has 8 heteroatoms. The first kappa shape index (κ1) is 13.3. The van der Waals surface area contributed by atoms with Gasteiger partial charge in [-0.25, -0.2) is 4.79 Å². The molecule has 100 valence electrons. The predicted molar refractivity (Wildman–Crippen MR) is 62.2 cm³/mol. The van der Waals surface area contributed by atoms with Crippen LogP contribution in [0.15, 0.2) is 11.0 Å². The molecular formula is C10H14ClN3O4. The van der Waals surface area contributed by atoms with Crippen molar-refractivity contribution in [3.63, 3.8) is 0 Å². The highest BCUT2D eigenvalue weighted by Gasteiger charge is 2.35. The third kappa shape index (κ3) is 2.10. The minimum absolute atomic E-state index is 0.0878. The van der Waals surface area contributed by atoms with Gasteiger partial charge < -0.3 is 14.9 Å². The van der Waals surface area contributed by atoms with E-state index in [9.17, 15) is 9.90 Å². The van der Waals surface area contributed by atoms with E-state index in [4.69, 9.17) is 27.0 Å².